The molecule has 2 aliphatic rings. The Morgan fingerprint density at radius 3 is 2.41 bits per heavy atom. The summed E-state index contributed by atoms with van der Waals surface area (Å²) in [6.45, 7) is 2.28. The van der Waals surface area contributed by atoms with Gasteiger partial charge in [-0.2, -0.15) is 4.31 Å². The van der Waals surface area contributed by atoms with Gasteiger partial charge in [-0.1, -0.05) is 18.2 Å². The maximum absolute atomic E-state index is 12.5. The Balaban J connectivity index is 1.39. The highest BCUT2D eigenvalue weighted by Crippen LogP contribution is 2.27. The summed E-state index contributed by atoms with van der Waals surface area (Å²) in [5.74, 6) is -0.109. The lowest BCUT2D eigenvalue weighted by Gasteiger charge is -2.19. The first-order chi connectivity index (χ1) is 13.0. The second kappa shape index (κ2) is 7.32. The van der Waals surface area contributed by atoms with Crippen LogP contribution in [0.15, 0.2) is 53.4 Å². The molecule has 0 unspecified atom stereocenters. The SMILES string of the molecule is O=C(CN1CCc2ccccc21)Nc1ccc(S(=O)(=O)N2CCCC2)cc1. The van der Waals surface area contributed by atoms with Crippen LogP contribution in [0, 0.1) is 0 Å². The molecule has 0 radical (unpaired) electrons. The molecular formula is C20H23N3O3S. The molecule has 7 heteroatoms. The summed E-state index contributed by atoms with van der Waals surface area (Å²) in [7, 11) is -3.42. The molecule has 142 valence electrons. The Labute approximate surface area is 159 Å². The molecule has 2 aromatic carbocycles. The van der Waals surface area contributed by atoms with Crippen molar-refractivity contribution in [3.63, 3.8) is 0 Å². The fraction of sp³-hybridized carbons (Fsp3) is 0.350. The Morgan fingerprint density at radius 1 is 0.963 bits per heavy atom. The van der Waals surface area contributed by atoms with E-state index < -0.39 is 10.0 Å². The van der Waals surface area contributed by atoms with Crippen LogP contribution in [-0.4, -0.2) is 44.8 Å². The molecule has 27 heavy (non-hydrogen) atoms. The van der Waals surface area contributed by atoms with E-state index in [1.54, 1.807) is 24.3 Å². The molecule has 0 aliphatic carbocycles. The molecule has 1 fully saturated rings. The molecule has 6 nitrogen and oxygen atoms in total. The number of rotatable bonds is 5. The van der Waals surface area contributed by atoms with Crippen LogP contribution in [0.2, 0.25) is 0 Å². The van der Waals surface area contributed by atoms with Crippen molar-refractivity contribution < 1.29 is 13.2 Å². The Kier molecular flexibility index (Phi) is 4.88. The number of carbonyl (C=O) groups excluding carboxylic acids is 1. The van der Waals surface area contributed by atoms with Crippen molar-refractivity contribution in [2.45, 2.75) is 24.2 Å². The third-order valence-electron chi connectivity index (χ3n) is 5.16. The van der Waals surface area contributed by atoms with E-state index in [0.29, 0.717) is 18.8 Å². The molecule has 0 bridgehead atoms. The second-order valence-electron chi connectivity index (χ2n) is 6.98. The molecule has 0 saturated carbocycles. The largest absolute Gasteiger partial charge is 0.362 e. The van der Waals surface area contributed by atoms with Gasteiger partial charge in [0.2, 0.25) is 15.9 Å². The molecule has 1 saturated heterocycles. The molecule has 0 atom stereocenters. The zero-order valence-corrected chi connectivity index (χ0v) is 15.9. The van der Waals surface area contributed by atoms with Gasteiger partial charge in [0, 0.05) is 31.0 Å². The van der Waals surface area contributed by atoms with Crippen LogP contribution >= 0.6 is 0 Å². The van der Waals surface area contributed by atoms with Crippen LogP contribution in [0.5, 0.6) is 0 Å². The summed E-state index contributed by atoms with van der Waals surface area (Å²) >= 11 is 0. The maximum atomic E-state index is 12.5. The lowest BCUT2D eigenvalue weighted by atomic mass is 10.2. The van der Waals surface area contributed by atoms with Gasteiger partial charge < -0.3 is 10.2 Å². The fourth-order valence-corrected chi connectivity index (χ4v) is 5.25. The number of hydrogen-bond donors (Lipinski definition) is 1. The number of nitrogens with one attached hydrogen (secondary N) is 1. The van der Waals surface area contributed by atoms with Gasteiger partial charge in [0.05, 0.1) is 11.4 Å². The average Bonchev–Trinajstić information content (AvgIpc) is 3.33. The smallest absolute Gasteiger partial charge is 0.243 e. The predicted octanol–water partition coefficient (Wildman–Crippen LogP) is 2.47. The zero-order chi connectivity index (χ0) is 18.9. The number of sulfonamides is 1. The predicted molar refractivity (Wildman–Crippen MR) is 105 cm³/mol. The van der Waals surface area contributed by atoms with Gasteiger partial charge in [0.1, 0.15) is 0 Å². The van der Waals surface area contributed by atoms with Crippen LogP contribution < -0.4 is 10.2 Å². The van der Waals surface area contributed by atoms with E-state index in [0.717, 1.165) is 31.5 Å². The van der Waals surface area contributed by atoms with Crippen molar-refractivity contribution in [3.05, 3.63) is 54.1 Å². The number of nitrogens with zero attached hydrogens (tertiary/aromatic N) is 2. The standard InChI is InChI=1S/C20H23N3O3S/c24-20(15-22-14-11-16-5-1-2-6-19(16)22)21-17-7-9-18(10-8-17)27(25,26)23-12-3-4-13-23/h1-2,5-10H,3-4,11-15H2,(H,21,24). The van der Waals surface area contributed by atoms with E-state index in [1.165, 1.54) is 9.87 Å². The minimum absolute atomic E-state index is 0.109. The molecular weight excluding hydrogens is 362 g/mol. The van der Waals surface area contributed by atoms with Gasteiger partial charge >= 0.3 is 0 Å². The molecule has 4 rings (SSSR count). The van der Waals surface area contributed by atoms with E-state index in [9.17, 15) is 13.2 Å². The molecule has 2 heterocycles. The summed E-state index contributed by atoms with van der Waals surface area (Å²) in [5, 5.41) is 2.86. The lowest BCUT2D eigenvalue weighted by Crippen LogP contribution is -2.31. The summed E-state index contributed by atoms with van der Waals surface area (Å²) in [4.78, 5) is 14.7. The minimum atomic E-state index is -3.42. The third kappa shape index (κ3) is 3.70. The van der Waals surface area contributed by atoms with E-state index in [4.69, 9.17) is 0 Å². The maximum Gasteiger partial charge on any atom is 0.243 e. The zero-order valence-electron chi connectivity index (χ0n) is 15.1. The van der Waals surface area contributed by atoms with Gasteiger partial charge in [-0.3, -0.25) is 4.79 Å². The highest BCUT2D eigenvalue weighted by atomic mass is 32.2. The number of carbonyl (C=O) groups is 1. The van der Waals surface area contributed by atoms with Crippen molar-refractivity contribution in [1.29, 1.82) is 0 Å². The third-order valence-corrected chi connectivity index (χ3v) is 7.07. The second-order valence-corrected chi connectivity index (χ2v) is 8.92. The number of para-hydroxylation sites is 1. The van der Waals surface area contributed by atoms with Gasteiger partial charge in [0.15, 0.2) is 0 Å². The number of anilines is 2. The van der Waals surface area contributed by atoms with Crippen LogP contribution in [0.4, 0.5) is 11.4 Å². The van der Waals surface area contributed by atoms with Gasteiger partial charge in [-0.25, -0.2) is 8.42 Å². The van der Waals surface area contributed by atoms with E-state index in [1.807, 2.05) is 18.2 Å². The first-order valence-corrected chi connectivity index (χ1v) is 10.7. The monoisotopic (exact) mass is 385 g/mol. The number of amides is 1. The van der Waals surface area contributed by atoms with Crippen molar-refractivity contribution >= 4 is 27.3 Å². The number of hydrogen-bond acceptors (Lipinski definition) is 4. The van der Waals surface area contributed by atoms with Crippen LogP contribution in [-0.2, 0) is 21.2 Å². The first kappa shape index (κ1) is 18.0. The van der Waals surface area contributed by atoms with E-state index >= 15 is 0 Å². The minimum Gasteiger partial charge on any atom is -0.362 e. The quantitative estimate of drug-likeness (QED) is 0.858. The highest BCUT2D eigenvalue weighted by molar-refractivity contribution is 7.89. The average molecular weight is 385 g/mol. The molecule has 2 aromatic rings. The molecule has 1 amide bonds. The normalized spacial score (nSPS) is 17.1. The number of fused-ring (bicyclic) bond motifs is 1. The van der Waals surface area contributed by atoms with Crippen molar-refractivity contribution in [3.8, 4) is 0 Å². The summed E-state index contributed by atoms with van der Waals surface area (Å²) in [5.41, 5.74) is 2.98. The molecule has 1 N–H and O–H groups in total. The van der Waals surface area contributed by atoms with Crippen molar-refractivity contribution in [2.75, 3.05) is 36.4 Å². The molecule has 0 aromatic heterocycles. The van der Waals surface area contributed by atoms with E-state index in [-0.39, 0.29) is 17.3 Å². The first-order valence-electron chi connectivity index (χ1n) is 9.27. The summed E-state index contributed by atoms with van der Waals surface area (Å²) in [6, 6.07) is 14.6. The lowest BCUT2D eigenvalue weighted by molar-refractivity contribution is -0.115. The van der Waals surface area contributed by atoms with Gasteiger partial charge in [-0.15, -0.1) is 0 Å². The van der Waals surface area contributed by atoms with E-state index in [2.05, 4.69) is 16.3 Å². The Morgan fingerprint density at radius 2 is 1.67 bits per heavy atom. The van der Waals surface area contributed by atoms with Crippen LogP contribution in [0.1, 0.15) is 18.4 Å². The van der Waals surface area contributed by atoms with Crippen molar-refractivity contribution in [1.82, 2.24) is 4.31 Å². The summed E-state index contributed by atoms with van der Waals surface area (Å²) < 4.78 is 26.6. The van der Waals surface area contributed by atoms with Crippen molar-refractivity contribution in [2.24, 2.45) is 0 Å². The topological polar surface area (TPSA) is 69.7 Å². The van der Waals surface area contributed by atoms with Gasteiger partial charge in [-0.05, 0) is 55.2 Å². The highest BCUT2D eigenvalue weighted by Gasteiger charge is 2.27. The van der Waals surface area contributed by atoms with Crippen LogP contribution in [0.25, 0.3) is 0 Å². The Hall–Kier alpha value is -2.38. The number of benzene rings is 2. The van der Waals surface area contributed by atoms with Gasteiger partial charge in [0.25, 0.3) is 0 Å². The molecule has 0 spiro atoms. The van der Waals surface area contributed by atoms with Crippen LogP contribution in [0.3, 0.4) is 0 Å². The molecule has 2 aliphatic heterocycles. The Bertz CT molecular complexity index is 935. The fourth-order valence-electron chi connectivity index (χ4n) is 3.73. The summed E-state index contributed by atoms with van der Waals surface area (Å²) in [6.07, 6.45) is 2.77.